The van der Waals surface area contributed by atoms with Gasteiger partial charge in [0.25, 0.3) is 0 Å². The van der Waals surface area contributed by atoms with Crippen LogP contribution in [0.5, 0.6) is 0 Å². The molecular weight excluding hydrogens is 174 g/mol. The fourth-order valence-corrected chi connectivity index (χ4v) is 2.35. The van der Waals surface area contributed by atoms with Crippen LogP contribution in [0.3, 0.4) is 0 Å². The molecule has 0 radical (unpaired) electrons. The quantitative estimate of drug-likeness (QED) is 0.664. The maximum atomic E-state index is 5.03. The van der Waals surface area contributed by atoms with Gasteiger partial charge in [-0.3, -0.25) is 0 Å². The highest BCUT2D eigenvalue weighted by molar-refractivity contribution is 4.75. The maximum Gasteiger partial charge on any atom is 0.0474 e. The van der Waals surface area contributed by atoms with Crippen LogP contribution in [0.2, 0.25) is 0 Å². The molecule has 0 aromatic rings. The highest BCUT2D eigenvalue weighted by Gasteiger charge is 2.18. The van der Waals surface area contributed by atoms with Crippen LogP contribution in [-0.4, -0.2) is 26.3 Å². The first-order valence-electron chi connectivity index (χ1n) is 6.07. The van der Waals surface area contributed by atoms with Crippen LogP contribution < -0.4 is 5.32 Å². The van der Waals surface area contributed by atoms with Gasteiger partial charge in [-0.1, -0.05) is 19.3 Å². The number of hydrogen-bond donors (Lipinski definition) is 1. The van der Waals surface area contributed by atoms with Crippen LogP contribution in [-0.2, 0) is 4.74 Å². The molecule has 84 valence electrons. The summed E-state index contributed by atoms with van der Waals surface area (Å²) in [6.07, 6.45) is 8.32. The minimum absolute atomic E-state index is 0.701. The van der Waals surface area contributed by atoms with Gasteiger partial charge < -0.3 is 10.1 Å². The molecule has 0 heterocycles. The second-order valence-corrected chi connectivity index (χ2v) is 4.49. The second kappa shape index (κ2) is 7.24. The first-order valence-corrected chi connectivity index (χ1v) is 6.07. The maximum absolute atomic E-state index is 5.03. The summed E-state index contributed by atoms with van der Waals surface area (Å²) >= 11 is 0. The summed E-state index contributed by atoms with van der Waals surface area (Å²) in [6.45, 7) is 4.32. The average molecular weight is 199 g/mol. The van der Waals surface area contributed by atoms with Crippen LogP contribution in [0.15, 0.2) is 0 Å². The number of methoxy groups -OCH3 is 1. The molecule has 0 spiro atoms. The molecule has 14 heavy (non-hydrogen) atoms. The fourth-order valence-electron chi connectivity index (χ4n) is 2.35. The van der Waals surface area contributed by atoms with Gasteiger partial charge in [0.15, 0.2) is 0 Å². The van der Waals surface area contributed by atoms with E-state index in [0.717, 1.165) is 25.5 Å². The molecule has 0 bridgehead atoms. The fraction of sp³-hybridized carbons (Fsp3) is 1.00. The zero-order valence-electron chi connectivity index (χ0n) is 9.72. The Labute approximate surface area is 88.4 Å². The number of rotatable bonds is 6. The molecule has 1 N–H and O–H groups in total. The standard InChI is InChI=1S/C12H25NO/c1-11(13-9-6-10-14-2)12-7-4-3-5-8-12/h11-13H,3-10H2,1-2H3. The van der Waals surface area contributed by atoms with Crippen molar-refractivity contribution in [2.75, 3.05) is 20.3 Å². The lowest BCUT2D eigenvalue weighted by Gasteiger charge is -2.28. The van der Waals surface area contributed by atoms with E-state index in [0.29, 0.717) is 6.04 Å². The molecule has 1 fully saturated rings. The molecule has 0 aromatic carbocycles. The Morgan fingerprint density at radius 3 is 2.64 bits per heavy atom. The van der Waals surface area contributed by atoms with Crippen LogP contribution in [0.25, 0.3) is 0 Å². The first-order chi connectivity index (χ1) is 6.84. The molecule has 2 heteroatoms. The zero-order valence-corrected chi connectivity index (χ0v) is 9.72. The second-order valence-electron chi connectivity index (χ2n) is 4.49. The van der Waals surface area contributed by atoms with E-state index in [1.165, 1.54) is 32.1 Å². The lowest BCUT2D eigenvalue weighted by atomic mass is 9.84. The van der Waals surface area contributed by atoms with Gasteiger partial charge in [-0.25, -0.2) is 0 Å². The summed E-state index contributed by atoms with van der Waals surface area (Å²) in [5, 5.41) is 3.61. The Bertz CT molecular complexity index is 132. The number of nitrogens with one attached hydrogen (secondary N) is 1. The Balaban J connectivity index is 2.04. The van der Waals surface area contributed by atoms with Gasteiger partial charge in [0.2, 0.25) is 0 Å². The van der Waals surface area contributed by atoms with Crippen molar-refractivity contribution in [2.24, 2.45) is 5.92 Å². The van der Waals surface area contributed by atoms with Crippen LogP contribution in [0, 0.1) is 5.92 Å². The molecule has 1 saturated carbocycles. The minimum atomic E-state index is 0.701. The van der Waals surface area contributed by atoms with E-state index in [1.807, 2.05) is 0 Å². The van der Waals surface area contributed by atoms with Crippen molar-refractivity contribution in [1.82, 2.24) is 5.32 Å². The van der Waals surface area contributed by atoms with Gasteiger partial charge in [-0.05, 0) is 38.6 Å². The van der Waals surface area contributed by atoms with Crippen LogP contribution in [0.4, 0.5) is 0 Å². The predicted octanol–water partition coefficient (Wildman–Crippen LogP) is 2.58. The molecule has 2 nitrogen and oxygen atoms in total. The molecule has 1 unspecified atom stereocenters. The number of ether oxygens (including phenoxy) is 1. The average Bonchev–Trinajstić information content (AvgIpc) is 2.25. The molecule has 1 atom stereocenters. The summed E-state index contributed by atoms with van der Waals surface area (Å²) in [6, 6.07) is 0.701. The molecule has 0 aliphatic heterocycles. The van der Waals surface area contributed by atoms with E-state index in [2.05, 4.69) is 12.2 Å². The third-order valence-corrected chi connectivity index (χ3v) is 3.35. The predicted molar refractivity (Wildman–Crippen MR) is 60.5 cm³/mol. The molecule has 1 rings (SSSR count). The van der Waals surface area contributed by atoms with E-state index in [-0.39, 0.29) is 0 Å². The van der Waals surface area contributed by atoms with Crippen molar-refractivity contribution in [3.05, 3.63) is 0 Å². The lowest BCUT2D eigenvalue weighted by Crippen LogP contribution is -2.35. The monoisotopic (exact) mass is 199 g/mol. The number of hydrogen-bond acceptors (Lipinski definition) is 2. The molecule has 1 aliphatic rings. The smallest absolute Gasteiger partial charge is 0.0474 e. The molecule has 0 saturated heterocycles. The summed E-state index contributed by atoms with van der Waals surface area (Å²) < 4.78 is 5.03. The minimum Gasteiger partial charge on any atom is -0.385 e. The molecule has 1 aliphatic carbocycles. The van der Waals surface area contributed by atoms with Crippen molar-refractivity contribution in [3.63, 3.8) is 0 Å². The van der Waals surface area contributed by atoms with Crippen molar-refractivity contribution in [3.8, 4) is 0 Å². The van der Waals surface area contributed by atoms with Gasteiger partial charge in [0.1, 0.15) is 0 Å². The van der Waals surface area contributed by atoms with Gasteiger partial charge in [0.05, 0.1) is 0 Å². The Morgan fingerprint density at radius 1 is 1.29 bits per heavy atom. The van der Waals surface area contributed by atoms with Crippen molar-refractivity contribution < 1.29 is 4.74 Å². The molecular formula is C12H25NO. The lowest BCUT2D eigenvalue weighted by molar-refractivity contribution is 0.190. The van der Waals surface area contributed by atoms with Gasteiger partial charge in [-0.15, -0.1) is 0 Å². The van der Waals surface area contributed by atoms with Crippen molar-refractivity contribution >= 4 is 0 Å². The largest absolute Gasteiger partial charge is 0.385 e. The molecule has 0 amide bonds. The highest BCUT2D eigenvalue weighted by atomic mass is 16.5. The van der Waals surface area contributed by atoms with Crippen molar-refractivity contribution in [2.45, 2.75) is 51.5 Å². The zero-order chi connectivity index (χ0) is 10.2. The SMILES string of the molecule is COCCCNC(C)C1CCCCC1. The van der Waals surface area contributed by atoms with Crippen LogP contribution in [0.1, 0.15) is 45.4 Å². The third-order valence-electron chi connectivity index (χ3n) is 3.35. The summed E-state index contributed by atoms with van der Waals surface area (Å²) in [7, 11) is 1.77. The Kier molecular flexibility index (Phi) is 6.20. The highest BCUT2D eigenvalue weighted by Crippen LogP contribution is 2.26. The van der Waals surface area contributed by atoms with E-state index in [9.17, 15) is 0 Å². The van der Waals surface area contributed by atoms with Gasteiger partial charge in [0, 0.05) is 19.8 Å². The third kappa shape index (κ3) is 4.43. The van der Waals surface area contributed by atoms with Gasteiger partial charge in [-0.2, -0.15) is 0 Å². The normalized spacial score (nSPS) is 21.0. The van der Waals surface area contributed by atoms with E-state index in [1.54, 1.807) is 7.11 Å². The summed E-state index contributed by atoms with van der Waals surface area (Å²) in [5.74, 6) is 0.922. The summed E-state index contributed by atoms with van der Waals surface area (Å²) in [5.41, 5.74) is 0. The van der Waals surface area contributed by atoms with E-state index in [4.69, 9.17) is 4.74 Å². The Morgan fingerprint density at radius 2 is 2.00 bits per heavy atom. The summed E-state index contributed by atoms with van der Waals surface area (Å²) in [4.78, 5) is 0. The van der Waals surface area contributed by atoms with Gasteiger partial charge >= 0.3 is 0 Å². The topological polar surface area (TPSA) is 21.3 Å². The Hall–Kier alpha value is -0.0800. The van der Waals surface area contributed by atoms with Crippen LogP contribution >= 0.6 is 0 Å². The van der Waals surface area contributed by atoms with E-state index < -0.39 is 0 Å². The van der Waals surface area contributed by atoms with Crippen molar-refractivity contribution in [1.29, 1.82) is 0 Å². The molecule has 0 aromatic heterocycles. The van der Waals surface area contributed by atoms with E-state index >= 15 is 0 Å². The first kappa shape index (κ1) is 12.0.